The summed E-state index contributed by atoms with van der Waals surface area (Å²) in [7, 11) is 0. The molecule has 1 aromatic heterocycles. The Kier molecular flexibility index (Phi) is 5.33. The van der Waals surface area contributed by atoms with Crippen molar-refractivity contribution >= 4 is 11.8 Å². The van der Waals surface area contributed by atoms with Crippen LogP contribution in [-0.4, -0.2) is 10.2 Å². The van der Waals surface area contributed by atoms with E-state index < -0.39 is 0 Å². The molecule has 1 aromatic rings. The van der Waals surface area contributed by atoms with Crippen LogP contribution >= 0.6 is 11.8 Å². The van der Waals surface area contributed by atoms with E-state index in [2.05, 4.69) is 38.4 Å². The molecule has 1 atom stereocenters. The summed E-state index contributed by atoms with van der Waals surface area (Å²) in [5.41, 5.74) is 2.56. The Bertz CT molecular complexity index is 364. The Balaban J connectivity index is 2.66. The molecule has 1 rings (SSSR count). The molecule has 0 saturated heterocycles. The first-order valence-electron chi connectivity index (χ1n) is 5.46. The summed E-state index contributed by atoms with van der Waals surface area (Å²) in [6.45, 7) is 10.4. The fourth-order valence-electron chi connectivity index (χ4n) is 1.26. The molecule has 0 aliphatic carbocycles. The van der Waals surface area contributed by atoms with Crippen molar-refractivity contribution in [2.45, 2.75) is 37.5 Å². The fourth-order valence-corrected chi connectivity index (χ4v) is 2.22. The summed E-state index contributed by atoms with van der Waals surface area (Å²) in [4.78, 5) is 4.33. The molecule has 0 aromatic carbocycles. The van der Waals surface area contributed by atoms with Crippen molar-refractivity contribution in [3.05, 3.63) is 48.2 Å². The number of nitrogens with zero attached hydrogens (tertiary/aromatic N) is 1. The van der Waals surface area contributed by atoms with Crippen molar-refractivity contribution in [3.63, 3.8) is 0 Å². The van der Waals surface area contributed by atoms with E-state index in [0.29, 0.717) is 5.25 Å². The molecule has 1 heterocycles. The van der Waals surface area contributed by atoms with Gasteiger partial charge in [-0.1, -0.05) is 41.6 Å². The highest BCUT2D eigenvalue weighted by Crippen LogP contribution is 2.28. The third kappa shape index (κ3) is 4.67. The fraction of sp³-hybridized carbons (Fsp3) is 0.357. The van der Waals surface area contributed by atoms with Crippen molar-refractivity contribution in [1.82, 2.24) is 4.98 Å². The number of pyridine rings is 1. The third-order valence-electron chi connectivity index (χ3n) is 2.19. The number of hydrogen-bond donors (Lipinski definition) is 0. The molecule has 0 amide bonds. The van der Waals surface area contributed by atoms with E-state index >= 15 is 0 Å². The maximum atomic E-state index is 4.33. The molecule has 1 nitrogen and oxygen atoms in total. The van der Waals surface area contributed by atoms with E-state index in [9.17, 15) is 0 Å². The van der Waals surface area contributed by atoms with Crippen molar-refractivity contribution in [2.75, 3.05) is 0 Å². The van der Waals surface area contributed by atoms with E-state index in [4.69, 9.17) is 0 Å². The van der Waals surface area contributed by atoms with E-state index in [-0.39, 0.29) is 0 Å². The molecule has 2 heteroatoms. The Morgan fingerprint density at radius 1 is 1.44 bits per heavy atom. The van der Waals surface area contributed by atoms with Gasteiger partial charge in [-0.15, -0.1) is 0 Å². The van der Waals surface area contributed by atoms with Gasteiger partial charge in [0.25, 0.3) is 0 Å². The Labute approximate surface area is 103 Å². The Hall–Kier alpha value is -1.02. The molecule has 0 aliphatic rings. The molecule has 0 saturated carbocycles. The van der Waals surface area contributed by atoms with Crippen LogP contribution in [0.15, 0.2) is 53.2 Å². The van der Waals surface area contributed by atoms with Crippen molar-refractivity contribution < 1.29 is 0 Å². The zero-order valence-corrected chi connectivity index (χ0v) is 11.1. The van der Waals surface area contributed by atoms with Crippen LogP contribution in [0.2, 0.25) is 0 Å². The van der Waals surface area contributed by atoms with Gasteiger partial charge in [0.2, 0.25) is 0 Å². The Morgan fingerprint density at radius 3 is 2.69 bits per heavy atom. The van der Waals surface area contributed by atoms with Gasteiger partial charge in [0.05, 0.1) is 5.03 Å². The highest BCUT2D eigenvalue weighted by molar-refractivity contribution is 8.00. The molecule has 0 N–H and O–H groups in total. The first-order chi connectivity index (χ1) is 7.59. The van der Waals surface area contributed by atoms with Gasteiger partial charge >= 0.3 is 0 Å². The van der Waals surface area contributed by atoms with Crippen LogP contribution in [0.3, 0.4) is 0 Å². The lowest BCUT2D eigenvalue weighted by atomic mass is 10.1. The molecular formula is C14H19NS. The standard InChI is InChI=1S/C14H19NS/c1-11(2)8-9-13(12(3)4)16-14-7-5-6-10-15-14/h5-8,10,13H,3,9H2,1-2,4H3. The van der Waals surface area contributed by atoms with Gasteiger partial charge in [-0.3, -0.25) is 0 Å². The summed E-state index contributed by atoms with van der Waals surface area (Å²) in [5, 5.41) is 1.49. The SMILES string of the molecule is C=C(C)C(CC=C(C)C)Sc1ccccn1. The van der Waals surface area contributed by atoms with Crippen LogP contribution in [0.1, 0.15) is 27.2 Å². The van der Waals surface area contributed by atoms with Crippen LogP contribution in [0.25, 0.3) is 0 Å². The molecular weight excluding hydrogens is 214 g/mol. The molecule has 0 bridgehead atoms. The lowest BCUT2D eigenvalue weighted by molar-refractivity contribution is 0.981. The van der Waals surface area contributed by atoms with Gasteiger partial charge in [0, 0.05) is 11.4 Å². The monoisotopic (exact) mass is 233 g/mol. The van der Waals surface area contributed by atoms with E-state index in [1.807, 2.05) is 24.4 Å². The van der Waals surface area contributed by atoms with Crippen molar-refractivity contribution in [2.24, 2.45) is 0 Å². The van der Waals surface area contributed by atoms with Crippen LogP contribution in [0.5, 0.6) is 0 Å². The normalized spacial score (nSPS) is 11.9. The van der Waals surface area contributed by atoms with Gasteiger partial charge < -0.3 is 0 Å². The first kappa shape index (κ1) is 13.0. The maximum absolute atomic E-state index is 4.33. The van der Waals surface area contributed by atoms with Gasteiger partial charge in [0.15, 0.2) is 0 Å². The summed E-state index contributed by atoms with van der Waals surface area (Å²) >= 11 is 1.78. The van der Waals surface area contributed by atoms with Crippen molar-refractivity contribution in [1.29, 1.82) is 0 Å². The molecule has 0 radical (unpaired) electrons. The molecule has 16 heavy (non-hydrogen) atoms. The highest BCUT2D eigenvalue weighted by Gasteiger charge is 2.10. The smallest absolute Gasteiger partial charge is 0.0965 e. The predicted molar refractivity (Wildman–Crippen MR) is 72.7 cm³/mol. The average Bonchev–Trinajstić information content (AvgIpc) is 2.25. The molecule has 0 spiro atoms. The maximum Gasteiger partial charge on any atom is 0.0965 e. The summed E-state index contributed by atoms with van der Waals surface area (Å²) < 4.78 is 0. The quantitative estimate of drug-likeness (QED) is 0.549. The largest absolute Gasteiger partial charge is 0.250 e. The van der Waals surface area contributed by atoms with E-state index in [0.717, 1.165) is 11.4 Å². The lowest BCUT2D eigenvalue weighted by Gasteiger charge is -2.14. The second-order valence-electron chi connectivity index (χ2n) is 4.14. The molecule has 0 aliphatic heterocycles. The van der Waals surface area contributed by atoms with Gasteiger partial charge in [-0.05, 0) is 39.3 Å². The number of hydrogen-bond acceptors (Lipinski definition) is 2. The highest BCUT2D eigenvalue weighted by atomic mass is 32.2. The second kappa shape index (κ2) is 6.54. The second-order valence-corrected chi connectivity index (χ2v) is 5.36. The van der Waals surface area contributed by atoms with Crippen molar-refractivity contribution in [3.8, 4) is 0 Å². The summed E-state index contributed by atoms with van der Waals surface area (Å²) in [6.07, 6.45) is 5.12. The first-order valence-corrected chi connectivity index (χ1v) is 6.34. The molecule has 1 unspecified atom stereocenters. The molecule has 0 fully saturated rings. The minimum atomic E-state index is 0.421. The van der Waals surface area contributed by atoms with Crippen LogP contribution in [0.4, 0.5) is 0 Å². The Morgan fingerprint density at radius 2 is 2.19 bits per heavy atom. The predicted octanol–water partition coefficient (Wildman–Crippen LogP) is 4.47. The van der Waals surface area contributed by atoms with Gasteiger partial charge in [-0.25, -0.2) is 4.98 Å². The number of thioether (sulfide) groups is 1. The minimum Gasteiger partial charge on any atom is -0.250 e. The van der Waals surface area contributed by atoms with Crippen LogP contribution in [0, 0.1) is 0 Å². The number of rotatable bonds is 5. The lowest BCUT2D eigenvalue weighted by Crippen LogP contribution is -2.02. The third-order valence-corrected chi connectivity index (χ3v) is 3.55. The van der Waals surface area contributed by atoms with Gasteiger partial charge in [-0.2, -0.15) is 0 Å². The van der Waals surface area contributed by atoms with Gasteiger partial charge in [0.1, 0.15) is 0 Å². The zero-order chi connectivity index (χ0) is 12.0. The zero-order valence-electron chi connectivity index (χ0n) is 10.2. The average molecular weight is 233 g/mol. The van der Waals surface area contributed by atoms with Crippen LogP contribution < -0.4 is 0 Å². The summed E-state index contributed by atoms with van der Waals surface area (Å²) in [6, 6.07) is 6.00. The van der Waals surface area contributed by atoms with E-state index in [1.54, 1.807) is 11.8 Å². The topological polar surface area (TPSA) is 12.9 Å². The minimum absolute atomic E-state index is 0.421. The molecule has 86 valence electrons. The number of allylic oxidation sites excluding steroid dienone is 2. The van der Waals surface area contributed by atoms with Crippen LogP contribution in [-0.2, 0) is 0 Å². The summed E-state index contributed by atoms with van der Waals surface area (Å²) in [5.74, 6) is 0. The van der Waals surface area contributed by atoms with E-state index in [1.165, 1.54) is 11.1 Å². The number of aromatic nitrogens is 1.